The number of aromatic nitrogens is 2. The van der Waals surface area contributed by atoms with Crippen LogP contribution in [0.25, 0.3) is 0 Å². The minimum atomic E-state index is -4.50. The Morgan fingerprint density at radius 3 is 2.65 bits per heavy atom. The Morgan fingerprint density at radius 1 is 1.50 bits per heavy atom. The minimum absolute atomic E-state index is 0.357. The molecule has 0 bridgehead atoms. The topological polar surface area (TPSA) is 44.1 Å². The molecule has 1 unspecified atom stereocenters. The van der Waals surface area contributed by atoms with Gasteiger partial charge in [0.1, 0.15) is 6.04 Å². The summed E-state index contributed by atoms with van der Waals surface area (Å²) in [5, 5.41) is 0. The number of esters is 1. The second kappa shape index (κ2) is 5.85. The van der Waals surface area contributed by atoms with E-state index in [9.17, 15) is 18.0 Å². The van der Waals surface area contributed by atoms with Crippen LogP contribution in [0.3, 0.4) is 0 Å². The Balaban J connectivity index is 2.17. The van der Waals surface area contributed by atoms with E-state index in [1.54, 1.807) is 0 Å². The molecule has 1 aliphatic rings. The van der Waals surface area contributed by atoms with Gasteiger partial charge in [-0.3, -0.25) is 0 Å². The number of ether oxygens (including phenoxy) is 1. The first kappa shape index (κ1) is 14.9. The van der Waals surface area contributed by atoms with Gasteiger partial charge in [-0.05, 0) is 12.3 Å². The summed E-state index contributed by atoms with van der Waals surface area (Å²) in [6, 6.07) is -0.730. The number of imidazole rings is 1. The summed E-state index contributed by atoms with van der Waals surface area (Å²) in [5.41, 5.74) is -0.988. The van der Waals surface area contributed by atoms with Crippen molar-refractivity contribution in [3.05, 3.63) is 18.2 Å². The molecule has 0 aromatic carbocycles. The normalized spacial score (nSPS) is 18.2. The number of carbonyl (C=O) groups excluding carboxylic acids is 1. The van der Waals surface area contributed by atoms with Gasteiger partial charge in [-0.15, -0.1) is 0 Å². The first-order valence-electron chi connectivity index (χ1n) is 6.60. The van der Waals surface area contributed by atoms with E-state index in [1.807, 2.05) is 0 Å². The number of hydrogen-bond acceptors (Lipinski definition) is 3. The highest BCUT2D eigenvalue weighted by atomic mass is 19.4. The Kier molecular flexibility index (Phi) is 4.35. The zero-order valence-corrected chi connectivity index (χ0v) is 11.2. The summed E-state index contributed by atoms with van der Waals surface area (Å²) in [6.45, 7) is 0. The molecule has 4 nitrogen and oxygen atoms in total. The van der Waals surface area contributed by atoms with Crippen LogP contribution in [0.5, 0.6) is 0 Å². The number of rotatable bonds is 4. The lowest BCUT2D eigenvalue weighted by Crippen LogP contribution is -2.22. The van der Waals surface area contributed by atoms with E-state index in [2.05, 4.69) is 4.98 Å². The van der Waals surface area contributed by atoms with Crippen molar-refractivity contribution in [3.63, 3.8) is 0 Å². The van der Waals surface area contributed by atoms with Gasteiger partial charge in [0, 0.05) is 6.20 Å². The third kappa shape index (κ3) is 3.32. The van der Waals surface area contributed by atoms with Gasteiger partial charge in [-0.2, -0.15) is 13.2 Å². The van der Waals surface area contributed by atoms with Crippen LogP contribution < -0.4 is 0 Å². The third-order valence-electron chi connectivity index (χ3n) is 3.76. The average Bonchev–Trinajstić information content (AvgIpc) is 3.05. The molecule has 0 amide bonds. The molecule has 0 N–H and O–H groups in total. The lowest BCUT2D eigenvalue weighted by molar-refractivity contribution is -0.146. The lowest BCUT2D eigenvalue weighted by atomic mass is 9.98. The highest BCUT2D eigenvalue weighted by Gasteiger charge is 2.35. The summed E-state index contributed by atoms with van der Waals surface area (Å²) in [5.74, 6) is -0.168. The molecule has 112 valence electrons. The van der Waals surface area contributed by atoms with Crippen LogP contribution >= 0.6 is 0 Å². The molecule has 0 radical (unpaired) electrons. The molecule has 20 heavy (non-hydrogen) atoms. The van der Waals surface area contributed by atoms with Crippen molar-refractivity contribution < 1.29 is 22.7 Å². The van der Waals surface area contributed by atoms with E-state index in [0.29, 0.717) is 12.3 Å². The first-order valence-corrected chi connectivity index (χ1v) is 6.60. The smallest absolute Gasteiger partial charge is 0.434 e. The van der Waals surface area contributed by atoms with Gasteiger partial charge in [0.05, 0.1) is 13.4 Å². The molecule has 0 saturated heterocycles. The van der Waals surface area contributed by atoms with Gasteiger partial charge in [-0.25, -0.2) is 9.78 Å². The highest BCUT2D eigenvalue weighted by molar-refractivity contribution is 5.74. The highest BCUT2D eigenvalue weighted by Crippen LogP contribution is 2.34. The summed E-state index contributed by atoms with van der Waals surface area (Å²) in [7, 11) is 1.24. The average molecular weight is 290 g/mol. The maximum absolute atomic E-state index is 12.6. The molecule has 1 heterocycles. The summed E-state index contributed by atoms with van der Waals surface area (Å²) in [6.07, 6.45) is 2.16. The quantitative estimate of drug-likeness (QED) is 0.800. The largest absolute Gasteiger partial charge is 0.467 e. The fourth-order valence-electron chi connectivity index (χ4n) is 2.69. The lowest BCUT2D eigenvalue weighted by Gasteiger charge is -2.19. The number of carbonyl (C=O) groups is 1. The Labute approximate surface area is 114 Å². The van der Waals surface area contributed by atoms with E-state index in [1.165, 1.54) is 11.7 Å². The summed E-state index contributed by atoms with van der Waals surface area (Å²) in [4.78, 5) is 15.1. The van der Waals surface area contributed by atoms with Crippen molar-refractivity contribution >= 4 is 5.97 Å². The molecular formula is C13H17F3N2O2. The van der Waals surface area contributed by atoms with Crippen molar-refractivity contribution in [1.82, 2.24) is 9.55 Å². The van der Waals surface area contributed by atoms with Crippen molar-refractivity contribution in [2.75, 3.05) is 7.11 Å². The first-order chi connectivity index (χ1) is 9.41. The van der Waals surface area contributed by atoms with Gasteiger partial charge in [0.25, 0.3) is 0 Å². The summed E-state index contributed by atoms with van der Waals surface area (Å²) < 4.78 is 43.6. The number of alkyl halides is 3. The molecule has 1 aromatic heterocycles. The molecule has 1 aromatic rings. The maximum Gasteiger partial charge on any atom is 0.434 e. The molecule has 0 spiro atoms. The van der Waals surface area contributed by atoms with Crippen LogP contribution in [0, 0.1) is 5.92 Å². The maximum atomic E-state index is 12.6. The number of nitrogens with zero attached hydrogens (tertiary/aromatic N) is 2. The second-order valence-corrected chi connectivity index (χ2v) is 5.13. The van der Waals surface area contributed by atoms with Gasteiger partial charge in [0.15, 0.2) is 5.69 Å². The van der Waals surface area contributed by atoms with E-state index in [-0.39, 0.29) is 0 Å². The molecule has 2 rings (SSSR count). The van der Waals surface area contributed by atoms with Crippen molar-refractivity contribution in [2.45, 2.75) is 44.3 Å². The van der Waals surface area contributed by atoms with E-state index in [0.717, 1.165) is 38.2 Å². The van der Waals surface area contributed by atoms with Crippen LogP contribution in [0.2, 0.25) is 0 Å². The second-order valence-electron chi connectivity index (χ2n) is 5.13. The fourth-order valence-corrected chi connectivity index (χ4v) is 2.69. The zero-order chi connectivity index (χ0) is 14.8. The monoisotopic (exact) mass is 290 g/mol. The molecule has 1 fully saturated rings. The van der Waals surface area contributed by atoms with Crippen LogP contribution in [-0.4, -0.2) is 22.6 Å². The van der Waals surface area contributed by atoms with Gasteiger partial charge in [-0.1, -0.05) is 25.7 Å². The Morgan fingerprint density at radius 2 is 2.15 bits per heavy atom. The van der Waals surface area contributed by atoms with E-state index >= 15 is 0 Å². The van der Waals surface area contributed by atoms with Gasteiger partial charge >= 0.3 is 12.1 Å². The van der Waals surface area contributed by atoms with Crippen LogP contribution in [-0.2, 0) is 15.7 Å². The van der Waals surface area contributed by atoms with E-state index in [4.69, 9.17) is 4.74 Å². The third-order valence-corrected chi connectivity index (χ3v) is 3.76. The van der Waals surface area contributed by atoms with Gasteiger partial charge < -0.3 is 9.30 Å². The van der Waals surface area contributed by atoms with Crippen LogP contribution in [0.4, 0.5) is 13.2 Å². The van der Waals surface area contributed by atoms with Crippen molar-refractivity contribution in [2.24, 2.45) is 5.92 Å². The number of halogens is 3. The molecule has 0 aliphatic heterocycles. The van der Waals surface area contributed by atoms with Crippen molar-refractivity contribution in [3.8, 4) is 0 Å². The fraction of sp³-hybridized carbons (Fsp3) is 0.692. The molecule has 7 heteroatoms. The van der Waals surface area contributed by atoms with Crippen LogP contribution in [0.1, 0.15) is 43.8 Å². The SMILES string of the molecule is COC(=O)C(CC1CCCC1)n1cnc(C(F)(F)F)c1. The molecular weight excluding hydrogens is 273 g/mol. The predicted molar refractivity (Wildman–Crippen MR) is 64.9 cm³/mol. The van der Waals surface area contributed by atoms with Crippen LogP contribution in [0.15, 0.2) is 12.5 Å². The number of hydrogen-bond donors (Lipinski definition) is 0. The van der Waals surface area contributed by atoms with Gasteiger partial charge in [0.2, 0.25) is 0 Å². The minimum Gasteiger partial charge on any atom is -0.467 e. The Hall–Kier alpha value is -1.53. The predicted octanol–water partition coefficient (Wildman–Crippen LogP) is 3.20. The zero-order valence-electron chi connectivity index (χ0n) is 11.2. The molecule has 1 atom stereocenters. The van der Waals surface area contributed by atoms with E-state index < -0.39 is 23.9 Å². The molecule has 1 aliphatic carbocycles. The standard InChI is InChI=1S/C13H17F3N2O2/c1-20-12(19)10(6-9-4-2-3-5-9)18-7-11(17-8-18)13(14,15)16/h7-10H,2-6H2,1H3. The van der Waals surface area contributed by atoms with Crippen molar-refractivity contribution in [1.29, 1.82) is 0 Å². The Bertz CT molecular complexity index is 464. The number of methoxy groups -OCH3 is 1. The molecule has 1 saturated carbocycles. The summed E-state index contributed by atoms with van der Waals surface area (Å²) >= 11 is 0.